The van der Waals surface area contributed by atoms with Crippen LogP contribution in [-0.4, -0.2) is 16.1 Å². The van der Waals surface area contributed by atoms with Crippen molar-refractivity contribution in [2.24, 2.45) is 0 Å². The third kappa shape index (κ3) is 2.56. The van der Waals surface area contributed by atoms with E-state index in [1.54, 1.807) is 0 Å². The van der Waals surface area contributed by atoms with E-state index < -0.39 is 0 Å². The first kappa shape index (κ1) is 14.8. The van der Waals surface area contributed by atoms with Gasteiger partial charge < -0.3 is 9.72 Å². The molecule has 0 bridgehead atoms. The Morgan fingerprint density at radius 3 is 2.60 bits per heavy atom. The SMILES string of the molecule is Cc1nccc2c1[nH]c1c(-c3ccc(OC4CC4)cc3)cc(Cl)cc12. The lowest BCUT2D eigenvalue weighted by Crippen LogP contribution is -1.95. The maximum atomic E-state index is 6.42. The molecule has 1 saturated carbocycles. The minimum atomic E-state index is 0.410. The molecule has 3 nitrogen and oxygen atoms in total. The minimum Gasteiger partial charge on any atom is -0.490 e. The van der Waals surface area contributed by atoms with Crippen LogP contribution in [0.4, 0.5) is 0 Å². The summed E-state index contributed by atoms with van der Waals surface area (Å²) in [5.41, 5.74) is 5.36. The Hall–Kier alpha value is -2.52. The Morgan fingerprint density at radius 2 is 1.84 bits per heavy atom. The number of aromatic nitrogens is 2. The van der Waals surface area contributed by atoms with E-state index in [1.807, 2.05) is 43.5 Å². The summed E-state index contributed by atoms with van der Waals surface area (Å²) in [4.78, 5) is 7.94. The fourth-order valence-corrected chi connectivity index (χ4v) is 3.56. The Balaban J connectivity index is 1.69. The van der Waals surface area contributed by atoms with E-state index in [4.69, 9.17) is 16.3 Å². The van der Waals surface area contributed by atoms with Crippen molar-refractivity contribution >= 4 is 33.4 Å². The molecular formula is C21H17ClN2O. The predicted molar refractivity (Wildman–Crippen MR) is 102 cm³/mol. The van der Waals surface area contributed by atoms with Gasteiger partial charge in [0.2, 0.25) is 0 Å². The molecule has 2 aromatic heterocycles. The molecule has 25 heavy (non-hydrogen) atoms. The molecule has 0 unspecified atom stereocenters. The smallest absolute Gasteiger partial charge is 0.119 e. The van der Waals surface area contributed by atoms with Gasteiger partial charge in [0.15, 0.2) is 0 Å². The molecule has 1 aliphatic rings. The molecule has 4 heteroatoms. The van der Waals surface area contributed by atoms with Crippen LogP contribution >= 0.6 is 11.6 Å². The maximum absolute atomic E-state index is 6.42. The number of aryl methyl sites for hydroxylation is 1. The summed E-state index contributed by atoms with van der Waals surface area (Å²) < 4.78 is 5.85. The average molecular weight is 349 g/mol. The number of fused-ring (bicyclic) bond motifs is 3. The lowest BCUT2D eigenvalue weighted by atomic mass is 10.0. The highest BCUT2D eigenvalue weighted by atomic mass is 35.5. The summed E-state index contributed by atoms with van der Waals surface area (Å²) in [5, 5.41) is 3.01. The second-order valence-electron chi connectivity index (χ2n) is 6.66. The summed E-state index contributed by atoms with van der Waals surface area (Å²) in [6.45, 7) is 2.02. The Morgan fingerprint density at radius 1 is 1.04 bits per heavy atom. The van der Waals surface area contributed by atoms with E-state index in [2.05, 4.69) is 22.1 Å². The summed E-state index contributed by atoms with van der Waals surface area (Å²) in [6.07, 6.45) is 4.58. The van der Waals surface area contributed by atoms with E-state index in [0.717, 1.165) is 49.4 Å². The molecule has 2 heterocycles. The molecule has 5 rings (SSSR count). The molecule has 0 spiro atoms. The number of hydrogen-bond donors (Lipinski definition) is 1. The molecule has 1 fully saturated rings. The molecule has 4 aromatic rings. The van der Waals surface area contributed by atoms with Gasteiger partial charge in [-0.3, -0.25) is 4.98 Å². The fourth-order valence-electron chi connectivity index (χ4n) is 3.35. The number of nitrogens with one attached hydrogen (secondary N) is 1. The number of halogens is 1. The third-order valence-corrected chi connectivity index (χ3v) is 4.99. The lowest BCUT2D eigenvalue weighted by Gasteiger charge is -2.08. The summed E-state index contributed by atoms with van der Waals surface area (Å²) in [5.74, 6) is 0.932. The van der Waals surface area contributed by atoms with Gasteiger partial charge in [-0.05, 0) is 55.7 Å². The molecule has 124 valence electrons. The Labute approximate surface area is 150 Å². The van der Waals surface area contributed by atoms with Crippen LogP contribution in [0, 0.1) is 6.92 Å². The molecule has 1 aliphatic carbocycles. The van der Waals surface area contributed by atoms with Gasteiger partial charge in [0, 0.05) is 27.6 Å². The van der Waals surface area contributed by atoms with Crippen LogP contribution in [0.5, 0.6) is 5.75 Å². The van der Waals surface area contributed by atoms with Crippen LogP contribution in [0.1, 0.15) is 18.5 Å². The lowest BCUT2D eigenvalue weighted by molar-refractivity contribution is 0.303. The summed E-state index contributed by atoms with van der Waals surface area (Å²) in [6, 6.07) is 14.3. The van der Waals surface area contributed by atoms with Crippen LogP contribution in [0.2, 0.25) is 5.02 Å². The number of benzene rings is 2. The topological polar surface area (TPSA) is 37.9 Å². The number of H-pyrrole nitrogens is 1. The second kappa shape index (κ2) is 5.50. The zero-order valence-corrected chi connectivity index (χ0v) is 14.6. The molecule has 2 aromatic carbocycles. The van der Waals surface area contributed by atoms with Crippen molar-refractivity contribution in [3.63, 3.8) is 0 Å². The van der Waals surface area contributed by atoms with E-state index in [1.165, 1.54) is 12.8 Å². The van der Waals surface area contributed by atoms with Crippen LogP contribution < -0.4 is 4.74 Å². The summed E-state index contributed by atoms with van der Waals surface area (Å²) in [7, 11) is 0. The zero-order chi connectivity index (χ0) is 17.0. The van der Waals surface area contributed by atoms with Gasteiger partial charge >= 0.3 is 0 Å². The average Bonchev–Trinajstić information content (AvgIpc) is 3.34. The molecule has 0 aliphatic heterocycles. The molecule has 0 amide bonds. The number of pyridine rings is 1. The number of ether oxygens (including phenoxy) is 1. The number of nitrogens with zero attached hydrogens (tertiary/aromatic N) is 1. The van der Waals surface area contributed by atoms with Gasteiger partial charge in [-0.15, -0.1) is 0 Å². The number of hydrogen-bond acceptors (Lipinski definition) is 2. The normalized spacial score (nSPS) is 14.3. The summed E-state index contributed by atoms with van der Waals surface area (Å²) >= 11 is 6.42. The van der Waals surface area contributed by atoms with Crippen molar-refractivity contribution in [1.29, 1.82) is 0 Å². The van der Waals surface area contributed by atoms with E-state index in [-0.39, 0.29) is 0 Å². The highest BCUT2D eigenvalue weighted by Gasteiger charge is 2.23. The van der Waals surface area contributed by atoms with Gasteiger partial charge in [0.05, 0.1) is 22.8 Å². The highest BCUT2D eigenvalue weighted by molar-refractivity contribution is 6.32. The first-order chi connectivity index (χ1) is 12.2. The Bertz CT molecular complexity index is 1090. The molecule has 1 N–H and O–H groups in total. The number of rotatable bonds is 3. The van der Waals surface area contributed by atoms with Gasteiger partial charge in [0.25, 0.3) is 0 Å². The van der Waals surface area contributed by atoms with Crippen LogP contribution in [-0.2, 0) is 0 Å². The largest absolute Gasteiger partial charge is 0.490 e. The van der Waals surface area contributed by atoms with Crippen molar-refractivity contribution in [2.75, 3.05) is 0 Å². The van der Waals surface area contributed by atoms with E-state index in [9.17, 15) is 0 Å². The van der Waals surface area contributed by atoms with Crippen molar-refractivity contribution in [3.05, 3.63) is 59.4 Å². The predicted octanol–water partition coefficient (Wildman–Crippen LogP) is 5.89. The standard InChI is InChI=1S/C21H17ClN2O/c1-12-20-17(8-9-23-12)19-11-14(22)10-18(21(19)24-20)13-2-4-15(5-3-13)25-16-6-7-16/h2-5,8-11,16,24H,6-7H2,1H3. The van der Waals surface area contributed by atoms with Gasteiger partial charge in [-0.1, -0.05) is 23.7 Å². The van der Waals surface area contributed by atoms with Gasteiger partial charge in [0.1, 0.15) is 5.75 Å². The molecular weight excluding hydrogens is 332 g/mol. The quantitative estimate of drug-likeness (QED) is 0.501. The van der Waals surface area contributed by atoms with Crippen molar-refractivity contribution in [2.45, 2.75) is 25.9 Å². The second-order valence-corrected chi connectivity index (χ2v) is 7.10. The number of aromatic amines is 1. The first-order valence-electron chi connectivity index (χ1n) is 8.53. The van der Waals surface area contributed by atoms with Crippen LogP contribution in [0.25, 0.3) is 32.9 Å². The fraction of sp³-hybridized carbons (Fsp3) is 0.190. The minimum absolute atomic E-state index is 0.410. The molecule has 0 radical (unpaired) electrons. The van der Waals surface area contributed by atoms with E-state index in [0.29, 0.717) is 6.10 Å². The van der Waals surface area contributed by atoms with Gasteiger partial charge in [-0.25, -0.2) is 0 Å². The molecule has 0 saturated heterocycles. The van der Waals surface area contributed by atoms with Crippen molar-refractivity contribution in [1.82, 2.24) is 9.97 Å². The third-order valence-electron chi connectivity index (χ3n) is 4.78. The monoisotopic (exact) mass is 348 g/mol. The zero-order valence-electron chi connectivity index (χ0n) is 13.8. The van der Waals surface area contributed by atoms with Crippen molar-refractivity contribution < 1.29 is 4.74 Å². The van der Waals surface area contributed by atoms with Gasteiger partial charge in [-0.2, -0.15) is 0 Å². The van der Waals surface area contributed by atoms with Crippen molar-refractivity contribution in [3.8, 4) is 16.9 Å². The maximum Gasteiger partial charge on any atom is 0.119 e. The van der Waals surface area contributed by atoms with Crippen LogP contribution in [0.3, 0.4) is 0 Å². The Kier molecular flexibility index (Phi) is 3.25. The highest BCUT2D eigenvalue weighted by Crippen LogP contribution is 2.37. The molecule has 0 atom stereocenters. The van der Waals surface area contributed by atoms with Crippen LogP contribution in [0.15, 0.2) is 48.7 Å². The first-order valence-corrected chi connectivity index (χ1v) is 8.90. The van der Waals surface area contributed by atoms with E-state index >= 15 is 0 Å².